The molecule has 5 nitrogen and oxygen atoms in total. The summed E-state index contributed by atoms with van der Waals surface area (Å²) in [4.78, 5) is 20.8. The van der Waals surface area contributed by atoms with Crippen LogP contribution in [0.1, 0.15) is 37.3 Å². The van der Waals surface area contributed by atoms with Crippen molar-refractivity contribution in [2.45, 2.75) is 46.2 Å². The number of thiazole rings is 1. The number of aromatic nitrogens is 1. The molecular formula is C18H30ClN3O2S. The van der Waals surface area contributed by atoms with Crippen molar-refractivity contribution in [3.63, 3.8) is 0 Å². The van der Waals surface area contributed by atoms with Gasteiger partial charge in [-0.1, -0.05) is 13.8 Å². The van der Waals surface area contributed by atoms with E-state index < -0.39 is 0 Å². The molecule has 1 amide bonds. The zero-order valence-electron chi connectivity index (χ0n) is 15.4. The largest absolute Gasteiger partial charge is 0.381 e. The summed E-state index contributed by atoms with van der Waals surface area (Å²) in [5.74, 6) is 1.44. The molecule has 2 aliphatic heterocycles. The van der Waals surface area contributed by atoms with Gasteiger partial charge in [0.05, 0.1) is 11.2 Å². The molecule has 0 saturated carbocycles. The third-order valence-electron chi connectivity index (χ3n) is 5.43. The number of nitrogens with zero attached hydrogens (tertiary/aromatic N) is 2. The van der Waals surface area contributed by atoms with E-state index in [1.807, 2.05) is 5.51 Å². The fraction of sp³-hybridized carbons (Fsp3) is 0.778. The summed E-state index contributed by atoms with van der Waals surface area (Å²) < 4.78 is 5.37. The Morgan fingerprint density at radius 2 is 2.12 bits per heavy atom. The van der Waals surface area contributed by atoms with E-state index in [-0.39, 0.29) is 30.3 Å². The molecule has 0 aromatic carbocycles. The minimum absolute atomic E-state index is 0. The van der Waals surface area contributed by atoms with Gasteiger partial charge in [0.1, 0.15) is 0 Å². The maximum Gasteiger partial charge on any atom is 0.223 e. The van der Waals surface area contributed by atoms with Gasteiger partial charge >= 0.3 is 0 Å². The van der Waals surface area contributed by atoms with Gasteiger partial charge in [0.25, 0.3) is 0 Å². The average molecular weight is 388 g/mol. The quantitative estimate of drug-likeness (QED) is 0.844. The van der Waals surface area contributed by atoms with Crippen LogP contribution in [0.25, 0.3) is 0 Å². The monoisotopic (exact) mass is 387 g/mol. The summed E-state index contributed by atoms with van der Waals surface area (Å²) in [7, 11) is 0. The number of halogens is 1. The van der Waals surface area contributed by atoms with Gasteiger partial charge in [-0.2, -0.15) is 0 Å². The fourth-order valence-electron chi connectivity index (χ4n) is 3.81. The molecule has 1 N–H and O–H groups in total. The highest BCUT2D eigenvalue weighted by Gasteiger charge is 2.37. The van der Waals surface area contributed by atoms with Gasteiger partial charge in [-0.25, -0.2) is 4.98 Å². The normalized spacial score (nSPS) is 25.1. The van der Waals surface area contributed by atoms with Crippen LogP contribution in [0.4, 0.5) is 0 Å². The predicted molar refractivity (Wildman–Crippen MR) is 103 cm³/mol. The summed E-state index contributed by atoms with van der Waals surface area (Å²) in [6.07, 6.45) is 1.71. The molecular weight excluding hydrogens is 358 g/mol. The van der Waals surface area contributed by atoms with Crippen LogP contribution in [-0.4, -0.2) is 48.1 Å². The number of ether oxygens (including phenoxy) is 1. The SMILES string of the molecule is Cc1ncsc1CN1C[C@H](NC(=O)C2CCOCC2)[C@@H](C(C)C)C1.Cl. The number of carbonyl (C=O) groups excluding carboxylic acids is 1. The number of hydrogen-bond acceptors (Lipinski definition) is 5. The molecule has 1 aromatic rings. The van der Waals surface area contributed by atoms with Crippen molar-refractivity contribution in [1.82, 2.24) is 15.2 Å². The first-order chi connectivity index (χ1) is 11.5. The number of likely N-dealkylation sites (tertiary alicyclic amines) is 1. The smallest absolute Gasteiger partial charge is 0.223 e. The Kier molecular flexibility index (Phi) is 7.68. The Morgan fingerprint density at radius 3 is 2.72 bits per heavy atom. The van der Waals surface area contributed by atoms with Crippen molar-refractivity contribution in [2.75, 3.05) is 26.3 Å². The Bertz CT molecular complexity index is 560. The van der Waals surface area contributed by atoms with Crippen LogP contribution in [0.5, 0.6) is 0 Å². The predicted octanol–water partition coefficient (Wildman–Crippen LogP) is 2.87. The first-order valence-corrected chi connectivity index (χ1v) is 9.92. The van der Waals surface area contributed by atoms with E-state index >= 15 is 0 Å². The number of hydrogen-bond donors (Lipinski definition) is 1. The summed E-state index contributed by atoms with van der Waals surface area (Å²) >= 11 is 1.73. The van der Waals surface area contributed by atoms with Crippen LogP contribution >= 0.6 is 23.7 Å². The van der Waals surface area contributed by atoms with E-state index in [1.165, 1.54) is 4.88 Å². The number of aryl methyl sites for hydroxylation is 1. The lowest BCUT2D eigenvalue weighted by Crippen LogP contribution is -2.45. The Morgan fingerprint density at radius 1 is 1.40 bits per heavy atom. The second-order valence-electron chi connectivity index (χ2n) is 7.46. The molecule has 2 atom stereocenters. The molecule has 2 aliphatic rings. The van der Waals surface area contributed by atoms with Gasteiger partial charge in [-0.15, -0.1) is 23.7 Å². The minimum Gasteiger partial charge on any atom is -0.381 e. The van der Waals surface area contributed by atoms with Crippen molar-refractivity contribution in [1.29, 1.82) is 0 Å². The maximum absolute atomic E-state index is 12.6. The van der Waals surface area contributed by atoms with Gasteiger partial charge in [0, 0.05) is 49.7 Å². The van der Waals surface area contributed by atoms with E-state index in [4.69, 9.17) is 4.74 Å². The van der Waals surface area contributed by atoms with Crippen LogP contribution in [-0.2, 0) is 16.1 Å². The van der Waals surface area contributed by atoms with Gasteiger partial charge in [0.15, 0.2) is 0 Å². The van der Waals surface area contributed by atoms with Crippen LogP contribution < -0.4 is 5.32 Å². The lowest BCUT2D eigenvalue weighted by molar-refractivity contribution is -0.128. The molecule has 0 bridgehead atoms. The zero-order valence-corrected chi connectivity index (χ0v) is 17.0. The number of carbonyl (C=O) groups is 1. The third-order valence-corrected chi connectivity index (χ3v) is 6.35. The molecule has 2 saturated heterocycles. The van der Waals surface area contributed by atoms with Gasteiger partial charge in [0.2, 0.25) is 5.91 Å². The molecule has 3 rings (SSSR count). The molecule has 0 radical (unpaired) electrons. The van der Waals surface area contributed by atoms with Crippen LogP contribution in [0.3, 0.4) is 0 Å². The lowest BCUT2D eigenvalue weighted by Gasteiger charge is -2.27. The van der Waals surface area contributed by atoms with Gasteiger partial charge < -0.3 is 10.1 Å². The van der Waals surface area contributed by atoms with Crippen LogP contribution in [0.15, 0.2) is 5.51 Å². The molecule has 0 aliphatic carbocycles. The number of amides is 1. The highest BCUT2D eigenvalue weighted by molar-refractivity contribution is 7.09. The summed E-state index contributed by atoms with van der Waals surface area (Å²) in [6.45, 7) is 11.0. The van der Waals surface area contributed by atoms with Gasteiger partial charge in [-0.3, -0.25) is 9.69 Å². The molecule has 2 fully saturated rings. The minimum atomic E-state index is 0. The van der Waals surface area contributed by atoms with Crippen LogP contribution in [0.2, 0.25) is 0 Å². The number of nitrogens with one attached hydrogen (secondary N) is 1. The second kappa shape index (κ2) is 9.31. The molecule has 25 heavy (non-hydrogen) atoms. The Labute approximate surface area is 160 Å². The van der Waals surface area contributed by atoms with E-state index in [0.29, 0.717) is 25.0 Å². The Hall–Kier alpha value is -0.690. The second-order valence-corrected chi connectivity index (χ2v) is 8.40. The third kappa shape index (κ3) is 5.16. The topological polar surface area (TPSA) is 54.5 Å². The van der Waals surface area contributed by atoms with Gasteiger partial charge in [-0.05, 0) is 31.6 Å². The summed E-state index contributed by atoms with van der Waals surface area (Å²) in [5, 5.41) is 3.36. The van der Waals surface area contributed by atoms with Crippen molar-refractivity contribution < 1.29 is 9.53 Å². The molecule has 142 valence electrons. The highest BCUT2D eigenvalue weighted by atomic mass is 35.5. The molecule has 0 unspecified atom stereocenters. The highest BCUT2D eigenvalue weighted by Crippen LogP contribution is 2.28. The standard InChI is InChI=1S/C18H29N3O2S.ClH/c1-12(2)15-8-21(10-17-13(3)19-11-24-17)9-16(15)20-18(22)14-4-6-23-7-5-14;/h11-12,14-16H,4-10H2,1-3H3,(H,20,22);1H/t15-,16+;/m1./s1. The van der Waals surface area contributed by atoms with E-state index in [1.54, 1.807) is 11.3 Å². The molecule has 7 heteroatoms. The van der Waals surface area contributed by atoms with Crippen molar-refractivity contribution in [2.24, 2.45) is 17.8 Å². The van der Waals surface area contributed by atoms with Crippen molar-refractivity contribution >= 4 is 29.7 Å². The van der Waals surface area contributed by atoms with Crippen molar-refractivity contribution in [3.05, 3.63) is 16.1 Å². The van der Waals surface area contributed by atoms with E-state index in [2.05, 4.69) is 36.0 Å². The van der Waals surface area contributed by atoms with Crippen molar-refractivity contribution in [3.8, 4) is 0 Å². The lowest BCUT2D eigenvalue weighted by atomic mass is 9.90. The molecule has 0 spiro atoms. The average Bonchev–Trinajstić information content (AvgIpc) is 3.15. The first kappa shape index (κ1) is 20.6. The maximum atomic E-state index is 12.6. The first-order valence-electron chi connectivity index (χ1n) is 9.04. The molecule has 1 aromatic heterocycles. The van der Waals surface area contributed by atoms with E-state index in [9.17, 15) is 4.79 Å². The summed E-state index contributed by atoms with van der Waals surface area (Å²) in [6, 6.07) is 0.258. The Balaban J connectivity index is 0.00000225. The van der Waals surface area contributed by atoms with Crippen LogP contribution in [0, 0.1) is 24.7 Å². The fourth-order valence-corrected chi connectivity index (χ4v) is 4.63. The number of rotatable bonds is 5. The van der Waals surface area contributed by atoms with E-state index in [0.717, 1.165) is 38.2 Å². The molecule has 3 heterocycles. The zero-order chi connectivity index (χ0) is 17.1. The summed E-state index contributed by atoms with van der Waals surface area (Å²) in [5.41, 5.74) is 3.06.